The lowest BCUT2D eigenvalue weighted by molar-refractivity contribution is -0.384. The normalized spacial score (nSPS) is 15.3. The summed E-state index contributed by atoms with van der Waals surface area (Å²) in [5, 5.41) is 15.6. The summed E-state index contributed by atoms with van der Waals surface area (Å²) in [5.41, 5.74) is 1.55. The van der Waals surface area contributed by atoms with E-state index in [1.54, 1.807) is 6.07 Å². The van der Waals surface area contributed by atoms with Gasteiger partial charge in [-0.3, -0.25) is 19.7 Å². The van der Waals surface area contributed by atoms with Gasteiger partial charge in [-0.15, -0.1) is 0 Å². The van der Waals surface area contributed by atoms with E-state index in [1.807, 2.05) is 0 Å². The van der Waals surface area contributed by atoms with E-state index < -0.39 is 28.6 Å². The van der Waals surface area contributed by atoms with E-state index in [1.165, 1.54) is 30.3 Å². The molecule has 7 nitrogen and oxygen atoms in total. The molecule has 0 unspecified atom stereocenters. The number of nitrogens with one attached hydrogen (secondary N) is 2. The Morgan fingerprint density at radius 1 is 1.16 bits per heavy atom. The smallest absolute Gasteiger partial charge is 0.313 e. The molecule has 2 N–H and O–H groups in total. The first kappa shape index (κ1) is 16.6. The molecule has 0 bridgehead atoms. The van der Waals surface area contributed by atoms with Crippen LogP contribution in [0.25, 0.3) is 0 Å². The number of amides is 2. The summed E-state index contributed by atoms with van der Waals surface area (Å²) in [6, 6.07) is 9.23. The van der Waals surface area contributed by atoms with Crippen LogP contribution in [-0.4, -0.2) is 16.7 Å². The van der Waals surface area contributed by atoms with Crippen molar-refractivity contribution in [3.63, 3.8) is 0 Å². The second-order valence-electron chi connectivity index (χ2n) is 5.67. The molecule has 2 aromatic carbocycles. The highest BCUT2D eigenvalue weighted by Crippen LogP contribution is 2.31. The molecule has 0 spiro atoms. The second kappa shape index (κ2) is 6.68. The first-order valence-corrected chi connectivity index (χ1v) is 7.58. The molecular weight excluding hydrogens is 329 g/mol. The van der Waals surface area contributed by atoms with Crippen LogP contribution in [-0.2, 0) is 16.0 Å². The van der Waals surface area contributed by atoms with Crippen LogP contribution in [0.2, 0.25) is 0 Å². The van der Waals surface area contributed by atoms with Crippen LogP contribution in [0.3, 0.4) is 0 Å². The van der Waals surface area contributed by atoms with E-state index in [4.69, 9.17) is 0 Å². The summed E-state index contributed by atoms with van der Waals surface area (Å²) in [6.07, 6.45) is 1.27. The van der Waals surface area contributed by atoms with Gasteiger partial charge in [0, 0.05) is 17.8 Å². The van der Waals surface area contributed by atoms with Crippen molar-refractivity contribution in [2.75, 3.05) is 5.32 Å². The highest BCUT2D eigenvalue weighted by atomic mass is 19.1. The fraction of sp³-hybridized carbons (Fsp3) is 0.176. The van der Waals surface area contributed by atoms with Gasteiger partial charge in [-0.25, -0.2) is 4.39 Å². The molecule has 0 aliphatic heterocycles. The van der Waals surface area contributed by atoms with Crippen molar-refractivity contribution < 1.29 is 18.9 Å². The van der Waals surface area contributed by atoms with Gasteiger partial charge < -0.3 is 10.6 Å². The Bertz CT molecular complexity index is 869. The van der Waals surface area contributed by atoms with Gasteiger partial charge in [0.25, 0.3) is 5.69 Å². The third-order valence-electron chi connectivity index (χ3n) is 4.01. The Balaban J connectivity index is 1.66. The fourth-order valence-electron chi connectivity index (χ4n) is 2.83. The molecule has 1 aliphatic carbocycles. The lowest BCUT2D eigenvalue weighted by Gasteiger charge is -2.14. The molecule has 25 heavy (non-hydrogen) atoms. The quantitative estimate of drug-likeness (QED) is 0.508. The summed E-state index contributed by atoms with van der Waals surface area (Å²) >= 11 is 0. The molecule has 0 fully saturated rings. The molecule has 1 atom stereocenters. The summed E-state index contributed by atoms with van der Waals surface area (Å²) in [7, 11) is 0. The van der Waals surface area contributed by atoms with Gasteiger partial charge in [-0.05, 0) is 42.2 Å². The Morgan fingerprint density at radius 3 is 2.72 bits per heavy atom. The van der Waals surface area contributed by atoms with E-state index in [2.05, 4.69) is 10.6 Å². The van der Waals surface area contributed by atoms with E-state index in [0.717, 1.165) is 11.6 Å². The number of nitro benzene ring substituents is 1. The zero-order valence-electron chi connectivity index (χ0n) is 13.0. The number of hydrogen-bond donors (Lipinski definition) is 2. The van der Waals surface area contributed by atoms with Crippen LogP contribution in [0, 0.1) is 15.9 Å². The fourth-order valence-corrected chi connectivity index (χ4v) is 2.83. The minimum absolute atomic E-state index is 0.146. The SMILES string of the molecule is O=C(Nc1cccc([N+](=O)[O-])c1)C(=O)N[C@H]1CCc2ccc(F)cc21. The number of hydrogen-bond acceptors (Lipinski definition) is 4. The Labute approximate surface area is 142 Å². The van der Waals surface area contributed by atoms with Crippen LogP contribution in [0.4, 0.5) is 15.8 Å². The number of non-ortho nitro benzene ring substituents is 1. The molecule has 0 saturated carbocycles. The molecule has 0 radical (unpaired) electrons. The van der Waals surface area contributed by atoms with Gasteiger partial charge in [-0.2, -0.15) is 0 Å². The summed E-state index contributed by atoms with van der Waals surface area (Å²) in [6.45, 7) is 0. The number of nitro groups is 1. The van der Waals surface area contributed by atoms with Crippen molar-refractivity contribution in [1.82, 2.24) is 5.32 Å². The van der Waals surface area contributed by atoms with Gasteiger partial charge in [0.1, 0.15) is 5.82 Å². The minimum atomic E-state index is -0.939. The number of anilines is 1. The average molecular weight is 343 g/mol. The molecule has 3 rings (SSSR count). The van der Waals surface area contributed by atoms with E-state index in [0.29, 0.717) is 18.4 Å². The maximum atomic E-state index is 13.4. The molecule has 8 heteroatoms. The molecular formula is C17H14FN3O4. The zero-order chi connectivity index (χ0) is 18.0. The molecule has 128 valence electrons. The maximum Gasteiger partial charge on any atom is 0.313 e. The van der Waals surface area contributed by atoms with Crippen LogP contribution in [0.1, 0.15) is 23.6 Å². The van der Waals surface area contributed by atoms with Gasteiger partial charge in [0.05, 0.1) is 11.0 Å². The van der Waals surface area contributed by atoms with Crippen LogP contribution in [0.5, 0.6) is 0 Å². The third-order valence-corrected chi connectivity index (χ3v) is 4.01. The Hall–Kier alpha value is -3.29. The topological polar surface area (TPSA) is 101 Å². The lowest BCUT2D eigenvalue weighted by Crippen LogP contribution is -2.37. The van der Waals surface area contributed by atoms with Crippen LogP contribution < -0.4 is 10.6 Å². The molecule has 1 aliphatic rings. The van der Waals surface area contributed by atoms with Crippen molar-refractivity contribution >= 4 is 23.2 Å². The molecule has 0 saturated heterocycles. The molecule has 2 aromatic rings. The van der Waals surface area contributed by atoms with E-state index in [9.17, 15) is 24.1 Å². The number of rotatable bonds is 3. The van der Waals surface area contributed by atoms with E-state index in [-0.39, 0.29) is 11.4 Å². The van der Waals surface area contributed by atoms with Gasteiger partial charge in [0.15, 0.2) is 0 Å². The largest absolute Gasteiger partial charge is 0.341 e. The summed E-state index contributed by atoms with van der Waals surface area (Å²) in [4.78, 5) is 34.2. The van der Waals surface area contributed by atoms with E-state index >= 15 is 0 Å². The zero-order valence-corrected chi connectivity index (χ0v) is 13.0. The highest BCUT2D eigenvalue weighted by molar-refractivity contribution is 6.39. The maximum absolute atomic E-state index is 13.4. The monoisotopic (exact) mass is 343 g/mol. The number of halogens is 1. The second-order valence-corrected chi connectivity index (χ2v) is 5.67. The Kier molecular flexibility index (Phi) is 4.42. The predicted molar refractivity (Wildman–Crippen MR) is 87.3 cm³/mol. The van der Waals surface area contributed by atoms with Gasteiger partial charge in [0.2, 0.25) is 0 Å². The summed E-state index contributed by atoms with van der Waals surface area (Å²) < 4.78 is 13.4. The van der Waals surface area contributed by atoms with Crippen molar-refractivity contribution in [2.45, 2.75) is 18.9 Å². The van der Waals surface area contributed by atoms with Crippen molar-refractivity contribution in [3.05, 3.63) is 69.5 Å². The van der Waals surface area contributed by atoms with Crippen molar-refractivity contribution in [1.29, 1.82) is 0 Å². The number of carbonyl (C=O) groups is 2. The van der Waals surface area contributed by atoms with Gasteiger partial charge in [-0.1, -0.05) is 12.1 Å². The minimum Gasteiger partial charge on any atom is -0.341 e. The van der Waals surface area contributed by atoms with Crippen LogP contribution in [0.15, 0.2) is 42.5 Å². The number of benzene rings is 2. The van der Waals surface area contributed by atoms with Crippen LogP contribution >= 0.6 is 0 Å². The first-order chi connectivity index (χ1) is 11.9. The number of aryl methyl sites for hydroxylation is 1. The summed E-state index contributed by atoms with van der Waals surface area (Å²) in [5.74, 6) is -2.22. The van der Waals surface area contributed by atoms with Crippen molar-refractivity contribution in [2.24, 2.45) is 0 Å². The number of nitrogens with zero attached hydrogens (tertiary/aromatic N) is 1. The van der Waals surface area contributed by atoms with Gasteiger partial charge >= 0.3 is 11.8 Å². The standard InChI is InChI=1S/C17H14FN3O4/c18-11-6-4-10-5-7-15(14(10)8-11)20-17(23)16(22)19-12-2-1-3-13(9-12)21(24)25/h1-4,6,8-9,15H,5,7H2,(H,19,22)(H,20,23)/t15-/m0/s1. The first-order valence-electron chi connectivity index (χ1n) is 7.58. The number of fused-ring (bicyclic) bond motifs is 1. The highest BCUT2D eigenvalue weighted by Gasteiger charge is 2.26. The average Bonchev–Trinajstić information content (AvgIpc) is 2.97. The lowest BCUT2D eigenvalue weighted by atomic mass is 10.1. The van der Waals surface area contributed by atoms with Crippen molar-refractivity contribution in [3.8, 4) is 0 Å². The molecule has 0 heterocycles. The number of carbonyl (C=O) groups excluding carboxylic acids is 2. The predicted octanol–water partition coefficient (Wildman–Crippen LogP) is 2.48. The molecule has 0 aromatic heterocycles. The third kappa shape index (κ3) is 3.63. The Morgan fingerprint density at radius 2 is 1.96 bits per heavy atom. The molecule has 2 amide bonds.